The number of hydrogen-bond acceptors (Lipinski definition) is 2. The van der Waals surface area contributed by atoms with Crippen molar-refractivity contribution < 1.29 is 9.13 Å². The summed E-state index contributed by atoms with van der Waals surface area (Å²) in [5.41, 5.74) is 7.20. The van der Waals surface area contributed by atoms with E-state index in [1.807, 2.05) is 18.2 Å². The van der Waals surface area contributed by atoms with Gasteiger partial charge < -0.3 is 10.5 Å². The van der Waals surface area contributed by atoms with Crippen molar-refractivity contribution in [3.05, 3.63) is 59.9 Å². The van der Waals surface area contributed by atoms with Crippen LogP contribution in [0.15, 0.2) is 48.5 Å². The fourth-order valence-electron chi connectivity index (χ4n) is 1.89. The number of nitrogens with two attached hydrogens (primary N) is 1. The summed E-state index contributed by atoms with van der Waals surface area (Å²) in [5.74, 6) is -0.128. The number of halogens is 1. The number of benzene rings is 2. The summed E-state index contributed by atoms with van der Waals surface area (Å²) in [7, 11) is 0. The lowest BCUT2D eigenvalue weighted by atomic mass is 10.1. The van der Waals surface area contributed by atoms with Crippen molar-refractivity contribution in [2.24, 2.45) is 0 Å². The van der Waals surface area contributed by atoms with Gasteiger partial charge in [0.15, 0.2) is 11.6 Å². The summed E-state index contributed by atoms with van der Waals surface area (Å²) >= 11 is 0. The summed E-state index contributed by atoms with van der Waals surface area (Å²) in [6.45, 7) is 0.521. The van der Waals surface area contributed by atoms with E-state index in [9.17, 15) is 4.39 Å². The average molecular weight is 259 g/mol. The maximum absolute atomic E-state index is 13.4. The summed E-state index contributed by atoms with van der Waals surface area (Å²) < 4.78 is 18.8. The highest BCUT2D eigenvalue weighted by Crippen LogP contribution is 2.19. The largest absolute Gasteiger partial charge is 0.491 e. The number of anilines is 1. The first kappa shape index (κ1) is 13.4. The smallest absolute Gasteiger partial charge is 0.167 e. The zero-order chi connectivity index (χ0) is 13.5. The topological polar surface area (TPSA) is 35.2 Å². The van der Waals surface area contributed by atoms with Gasteiger partial charge in [0.05, 0.1) is 6.61 Å². The molecule has 0 saturated heterocycles. The highest BCUT2D eigenvalue weighted by atomic mass is 19.1. The Balaban J connectivity index is 1.69. The van der Waals surface area contributed by atoms with Crippen molar-refractivity contribution in [2.75, 3.05) is 12.3 Å². The number of nitrogen functional groups attached to an aromatic ring is 1. The first-order valence-electron chi connectivity index (χ1n) is 6.47. The van der Waals surface area contributed by atoms with Gasteiger partial charge in [0.2, 0.25) is 0 Å². The van der Waals surface area contributed by atoms with Crippen LogP contribution in [0.5, 0.6) is 5.75 Å². The van der Waals surface area contributed by atoms with Crippen LogP contribution in [0.1, 0.15) is 18.4 Å². The van der Waals surface area contributed by atoms with E-state index >= 15 is 0 Å². The molecular formula is C16H18FNO. The lowest BCUT2D eigenvalue weighted by Gasteiger charge is -2.07. The second-order valence-electron chi connectivity index (χ2n) is 4.48. The molecule has 0 unspecified atom stereocenters. The number of unbranched alkanes of at least 4 members (excludes halogenated alkanes) is 1. The Bertz CT molecular complexity index is 513. The van der Waals surface area contributed by atoms with E-state index in [0.717, 1.165) is 19.3 Å². The number of hydrogen-bond donors (Lipinski definition) is 1. The number of aryl methyl sites for hydroxylation is 1. The van der Waals surface area contributed by atoms with Crippen LogP contribution in [0.3, 0.4) is 0 Å². The van der Waals surface area contributed by atoms with Gasteiger partial charge in [0.25, 0.3) is 0 Å². The Kier molecular flexibility index (Phi) is 4.78. The summed E-state index contributed by atoms with van der Waals surface area (Å²) in [5, 5.41) is 0. The molecule has 0 aliphatic carbocycles. The third kappa shape index (κ3) is 4.28. The second kappa shape index (κ2) is 6.78. The van der Waals surface area contributed by atoms with Gasteiger partial charge in [-0.2, -0.15) is 0 Å². The third-order valence-electron chi connectivity index (χ3n) is 2.92. The van der Waals surface area contributed by atoms with E-state index in [0.29, 0.717) is 12.3 Å². The van der Waals surface area contributed by atoms with Gasteiger partial charge in [-0.05, 0) is 37.0 Å². The molecule has 0 amide bonds. The van der Waals surface area contributed by atoms with Crippen molar-refractivity contribution in [2.45, 2.75) is 19.3 Å². The van der Waals surface area contributed by atoms with E-state index in [-0.39, 0.29) is 5.75 Å². The van der Waals surface area contributed by atoms with E-state index in [2.05, 4.69) is 12.1 Å². The predicted octanol–water partition coefficient (Wildman–Crippen LogP) is 3.81. The average Bonchev–Trinajstić information content (AvgIpc) is 2.42. The molecule has 0 aliphatic rings. The molecule has 19 heavy (non-hydrogen) atoms. The van der Waals surface area contributed by atoms with Crippen molar-refractivity contribution in [1.29, 1.82) is 0 Å². The Morgan fingerprint density at radius 2 is 1.79 bits per heavy atom. The molecule has 2 aromatic rings. The summed E-state index contributed by atoms with van der Waals surface area (Å²) in [6, 6.07) is 14.8. The zero-order valence-corrected chi connectivity index (χ0v) is 10.8. The van der Waals surface area contributed by atoms with Gasteiger partial charge in [0.1, 0.15) is 0 Å². The molecule has 0 aliphatic heterocycles. The molecule has 0 radical (unpaired) electrons. The van der Waals surface area contributed by atoms with Crippen LogP contribution < -0.4 is 10.5 Å². The first-order chi connectivity index (χ1) is 9.25. The van der Waals surface area contributed by atoms with Crippen LogP contribution >= 0.6 is 0 Å². The summed E-state index contributed by atoms with van der Waals surface area (Å²) in [6.07, 6.45) is 2.95. The van der Waals surface area contributed by atoms with Crippen LogP contribution in [-0.2, 0) is 6.42 Å². The normalized spacial score (nSPS) is 10.4. The van der Waals surface area contributed by atoms with E-state index in [4.69, 9.17) is 10.5 Å². The van der Waals surface area contributed by atoms with Crippen LogP contribution in [0, 0.1) is 5.82 Å². The van der Waals surface area contributed by atoms with E-state index < -0.39 is 5.82 Å². The van der Waals surface area contributed by atoms with Crippen molar-refractivity contribution >= 4 is 5.69 Å². The lowest BCUT2D eigenvalue weighted by Crippen LogP contribution is -2.00. The molecule has 2 rings (SSSR count). The van der Waals surface area contributed by atoms with Gasteiger partial charge in [0, 0.05) is 11.8 Å². The Hall–Kier alpha value is -2.03. The highest BCUT2D eigenvalue weighted by Gasteiger charge is 2.03. The number of rotatable bonds is 6. The molecule has 0 spiro atoms. The van der Waals surface area contributed by atoms with Gasteiger partial charge in [-0.15, -0.1) is 0 Å². The Morgan fingerprint density at radius 1 is 1.00 bits per heavy atom. The van der Waals surface area contributed by atoms with Crippen LogP contribution in [0.25, 0.3) is 0 Å². The minimum absolute atomic E-state index is 0.272. The maximum Gasteiger partial charge on any atom is 0.167 e. The fraction of sp³-hybridized carbons (Fsp3) is 0.250. The molecule has 0 fully saturated rings. The zero-order valence-electron chi connectivity index (χ0n) is 10.8. The highest BCUT2D eigenvalue weighted by molar-refractivity contribution is 5.42. The number of ether oxygens (including phenoxy) is 1. The predicted molar refractivity (Wildman–Crippen MR) is 75.7 cm³/mol. The third-order valence-corrected chi connectivity index (χ3v) is 2.92. The minimum Gasteiger partial charge on any atom is -0.491 e. The van der Waals surface area contributed by atoms with Gasteiger partial charge in [-0.3, -0.25) is 0 Å². The molecule has 0 atom stereocenters. The van der Waals surface area contributed by atoms with Crippen LogP contribution in [0.4, 0.5) is 10.1 Å². The molecule has 0 bridgehead atoms. The van der Waals surface area contributed by atoms with Gasteiger partial charge in [-0.25, -0.2) is 4.39 Å². The standard InChI is InChI=1S/C16H18FNO/c17-15-12-14(18)9-10-16(15)19-11-5-4-8-13-6-2-1-3-7-13/h1-3,6-7,9-10,12H,4-5,8,11,18H2. The van der Waals surface area contributed by atoms with Crippen molar-refractivity contribution in [1.82, 2.24) is 0 Å². The molecule has 3 heteroatoms. The Morgan fingerprint density at radius 3 is 2.53 bits per heavy atom. The van der Waals surface area contributed by atoms with Crippen LogP contribution in [0.2, 0.25) is 0 Å². The molecule has 0 saturated carbocycles. The second-order valence-corrected chi connectivity index (χ2v) is 4.48. The fourth-order valence-corrected chi connectivity index (χ4v) is 1.89. The minimum atomic E-state index is -0.400. The van der Waals surface area contributed by atoms with Crippen molar-refractivity contribution in [3.8, 4) is 5.75 Å². The maximum atomic E-state index is 13.4. The molecule has 0 aromatic heterocycles. The van der Waals surface area contributed by atoms with Crippen molar-refractivity contribution in [3.63, 3.8) is 0 Å². The summed E-state index contributed by atoms with van der Waals surface area (Å²) in [4.78, 5) is 0. The molecule has 100 valence electrons. The Labute approximate surface area is 113 Å². The quantitative estimate of drug-likeness (QED) is 0.632. The van der Waals surface area contributed by atoms with Gasteiger partial charge in [-0.1, -0.05) is 30.3 Å². The molecule has 0 heterocycles. The molecular weight excluding hydrogens is 241 g/mol. The molecule has 2 aromatic carbocycles. The first-order valence-corrected chi connectivity index (χ1v) is 6.47. The van der Waals surface area contributed by atoms with Crippen LogP contribution in [-0.4, -0.2) is 6.61 Å². The van der Waals surface area contributed by atoms with E-state index in [1.165, 1.54) is 11.6 Å². The van der Waals surface area contributed by atoms with E-state index in [1.54, 1.807) is 12.1 Å². The van der Waals surface area contributed by atoms with Gasteiger partial charge >= 0.3 is 0 Å². The lowest BCUT2D eigenvalue weighted by molar-refractivity contribution is 0.292. The monoisotopic (exact) mass is 259 g/mol. The molecule has 2 nitrogen and oxygen atoms in total. The molecule has 2 N–H and O–H groups in total. The SMILES string of the molecule is Nc1ccc(OCCCCc2ccccc2)c(F)c1.